The molecule has 2 aromatic heterocycles. The average Bonchev–Trinajstić information content (AvgIpc) is 2.89. The van der Waals surface area contributed by atoms with Gasteiger partial charge in [0, 0.05) is 34.3 Å². The second kappa shape index (κ2) is 6.78. The Morgan fingerprint density at radius 3 is 2.48 bits per heavy atom. The molecule has 0 saturated carbocycles. The Balaban J connectivity index is 2.59. The molecule has 0 aromatic carbocycles. The molecule has 124 valence electrons. The smallest absolute Gasteiger partial charge is 0.350 e. The standard InChI is InChI=1S/C14H20N6O2S/c1-6-22-12(21)11-10(18-13(15)23-11)8-7-9(19(2)3)17-14(16-8)20(4)5/h7H,6H2,1-5H3,(H2,15,18). The largest absolute Gasteiger partial charge is 0.462 e. The number of esters is 1. The van der Waals surface area contributed by atoms with E-state index in [1.165, 1.54) is 0 Å². The van der Waals surface area contributed by atoms with E-state index in [9.17, 15) is 4.79 Å². The molecular weight excluding hydrogens is 316 g/mol. The summed E-state index contributed by atoms with van der Waals surface area (Å²) < 4.78 is 5.07. The minimum atomic E-state index is -0.451. The van der Waals surface area contributed by atoms with Crippen LogP contribution in [0.15, 0.2) is 6.07 Å². The van der Waals surface area contributed by atoms with Gasteiger partial charge in [-0.15, -0.1) is 0 Å². The van der Waals surface area contributed by atoms with Crippen molar-refractivity contribution in [2.75, 3.05) is 50.3 Å². The van der Waals surface area contributed by atoms with Crippen molar-refractivity contribution in [3.05, 3.63) is 10.9 Å². The van der Waals surface area contributed by atoms with Crippen molar-refractivity contribution >= 4 is 34.2 Å². The molecule has 0 aliphatic heterocycles. The second-order valence-corrected chi connectivity index (χ2v) is 6.18. The molecule has 0 aliphatic rings. The molecule has 0 atom stereocenters. The monoisotopic (exact) mass is 336 g/mol. The summed E-state index contributed by atoms with van der Waals surface area (Å²) in [5.74, 6) is 0.778. The molecule has 2 N–H and O–H groups in total. The minimum absolute atomic E-state index is 0.283. The lowest BCUT2D eigenvalue weighted by molar-refractivity contribution is 0.0532. The van der Waals surface area contributed by atoms with Crippen LogP contribution in [-0.4, -0.2) is 55.7 Å². The van der Waals surface area contributed by atoms with E-state index in [2.05, 4.69) is 15.0 Å². The van der Waals surface area contributed by atoms with Gasteiger partial charge in [0.1, 0.15) is 16.4 Å². The van der Waals surface area contributed by atoms with Crippen molar-refractivity contribution in [1.82, 2.24) is 15.0 Å². The summed E-state index contributed by atoms with van der Waals surface area (Å²) in [4.78, 5) is 29.3. The summed E-state index contributed by atoms with van der Waals surface area (Å²) >= 11 is 1.09. The predicted octanol–water partition coefficient (Wildman–Crippen LogP) is 1.49. The average molecular weight is 336 g/mol. The number of nitrogens with two attached hydrogens (primary N) is 1. The Kier molecular flexibility index (Phi) is 4.99. The van der Waals surface area contributed by atoms with Crippen LogP contribution in [0.4, 0.5) is 16.9 Å². The van der Waals surface area contributed by atoms with Gasteiger partial charge in [-0.3, -0.25) is 0 Å². The molecule has 0 radical (unpaired) electrons. The van der Waals surface area contributed by atoms with Crippen LogP contribution in [0.2, 0.25) is 0 Å². The number of nitrogens with zero attached hydrogens (tertiary/aromatic N) is 5. The number of thiazole rings is 1. The molecule has 0 aliphatic carbocycles. The summed E-state index contributed by atoms with van der Waals surface area (Å²) in [6.45, 7) is 2.03. The topological polar surface area (TPSA) is 97.5 Å². The minimum Gasteiger partial charge on any atom is -0.462 e. The van der Waals surface area contributed by atoms with E-state index in [0.717, 1.165) is 11.3 Å². The Morgan fingerprint density at radius 2 is 1.91 bits per heavy atom. The molecule has 0 unspecified atom stereocenters. The van der Waals surface area contributed by atoms with Gasteiger partial charge in [0.2, 0.25) is 5.95 Å². The molecule has 2 aromatic rings. The molecule has 23 heavy (non-hydrogen) atoms. The van der Waals surface area contributed by atoms with Crippen LogP contribution in [0.3, 0.4) is 0 Å². The molecule has 0 bridgehead atoms. The highest BCUT2D eigenvalue weighted by molar-refractivity contribution is 7.17. The number of carbonyl (C=O) groups is 1. The highest BCUT2D eigenvalue weighted by Crippen LogP contribution is 2.31. The van der Waals surface area contributed by atoms with E-state index >= 15 is 0 Å². The van der Waals surface area contributed by atoms with Gasteiger partial charge in [-0.2, -0.15) is 4.98 Å². The number of aromatic nitrogens is 3. The zero-order valence-electron chi connectivity index (χ0n) is 13.8. The Morgan fingerprint density at radius 1 is 1.22 bits per heavy atom. The Hall–Kier alpha value is -2.42. The lowest BCUT2D eigenvalue weighted by atomic mass is 10.2. The maximum atomic E-state index is 12.1. The SMILES string of the molecule is CCOC(=O)c1sc(N)nc1-c1cc(N(C)C)nc(N(C)C)n1. The van der Waals surface area contributed by atoms with Gasteiger partial charge >= 0.3 is 5.97 Å². The summed E-state index contributed by atoms with van der Waals surface area (Å²) in [5.41, 5.74) is 6.73. The number of nitrogen functional groups attached to an aromatic ring is 1. The highest BCUT2D eigenvalue weighted by Gasteiger charge is 2.22. The van der Waals surface area contributed by atoms with Gasteiger partial charge in [-0.05, 0) is 6.92 Å². The van der Waals surface area contributed by atoms with E-state index in [1.807, 2.05) is 33.1 Å². The number of hydrogen-bond donors (Lipinski definition) is 1. The zero-order chi connectivity index (χ0) is 17.1. The number of ether oxygens (including phenoxy) is 1. The first-order chi connectivity index (χ1) is 10.8. The van der Waals surface area contributed by atoms with Gasteiger partial charge in [-0.1, -0.05) is 11.3 Å². The zero-order valence-corrected chi connectivity index (χ0v) is 14.6. The van der Waals surface area contributed by atoms with Crippen molar-refractivity contribution in [1.29, 1.82) is 0 Å². The molecule has 2 rings (SSSR count). The van der Waals surface area contributed by atoms with E-state index in [-0.39, 0.29) is 6.61 Å². The summed E-state index contributed by atoms with van der Waals surface area (Å²) in [6, 6.07) is 1.77. The summed E-state index contributed by atoms with van der Waals surface area (Å²) in [7, 11) is 7.46. The lowest BCUT2D eigenvalue weighted by Crippen LogP contribution is -2.17. The molecule has 2 heterocycles. The number of carbonyl (C=O) groups excluding carboxylic acids is 1. The predicted molar refractivity (Wildman–Crippen MR) is 92.2 cm³/mol. The lowest BCUT2D eigenvalue weighted by Gasteiger charge is -2.17. The van der Waals surface area contributed by atoms with E-state index < -0.39 is 5.97 Å². The van der Waals surface area contributed by atoms with Crippen LogP contribution >= 0.6 is 11.3 Å². The normalized spacial score (nSPS) is 10.5. The molecule has 8 nitrogen and oxygen atoms in total. The molecule has 9 heteroatoms. The first kappa shape index (κ1) is 16.9. The van der Waals surface area contributed by atoms with Crippen molar-refractivity contribution in [3.63, 3.8) is 0 Å². The molecule has 0 saturated heterocycles. The second-order valence-electron chi connectivity index (χ2n) is 5.15. The molecule has 0 fully saturated rings. The van der Waals surface area contributed by atoms with Crippen molar-refractivity contribution in [3.8, 4) is 11.4 Å². The third-order valence-corrected chi connectivity index (χ3v) is 3.77. The molecule has 0 amide bonds. The highest BCUT2D eigenvalue weighted by atomic mass is 32.1. The van der Waals surface area contributed by atoms with Gasteiger partial charge in [0.15, 0.2) is 5.13 Å². The number of anilines is 3. The Labute approximate surface area is 138 Å². The van der Waals surface area contributed by atoms with Crippen LogP contribution in [0.1, 0.15) is 16.6 Å². The van der Waals surface area contributed by atoms with Crippen molar-refractivity contribution in [2.24, 2.45) is 0 Å². The maximum absolute atomic E-state index is 12.1. The summed E-state index contributed by atoms with van der Waals surface area (Å²) in [5, 5.41) is 0.291. The van der Waals surface area contributed by atoms with Gasteiger partial charge < -0.3 is 20.3 Å². The fraction of sp³-hybridized carbons (Fsp3) is 0.429. The van der Waals surface area contributed by atoms with Crippen molar-refractivity contribution in [2.45, 2.75) is 6.92 Å². The maximum Gasteiger partial charge on any atom is 0.350 e. The van der Waals surface area contributed by atoms with Crippen molar-refractivity contribution < 1.29 is 9.53 Å². The van der Waals surface area contributed by atoms with E-state index in [0.29, 0.717) is 33.2 Å². The quantitative estimate of drug-likeness (QED) is 0.820. The number of rotatable bonds is 5. The van der Waals surface area contributed by atoms with Crippen LogP contribution in [0, 0.1) is 0 Å². The molecular formula is C14H20N6O2S. The van der Waals surface area contributed by atoms with Gasteiger partial charge in [0.25, 0.3) is 0 Å². The van der Waals surface area contributed by atoms with E-state index in [4.69, 9.17) is 10.5 Å². The fourth-order valence-corrected chi connectivity index (χ4v) is 2.55. The first-order valence-electron chi connectivity index (χ1n) is 7.01. The third-order valence-electron chi connectivity index (χ3n) is 2.91. The summed E-state index contributed by atoms with van der Waals surface area (Å²) in [6.07, 6.45) is 0. The van der Waals surface area contributed by atoms with Crippen LogP contribution < -0.4 is 15.5 Å². The van der Waals surface area contributed by atoms with Gasteiger partial charge in [0.05, 0.1) is 12.3 Å². The number of hydrogen-bond acceptors (Lipinski definition) is 9. The molecule has 0 spiro atoms. The van der Waals surface area contributed by atoms with Crippen LogP contribution in [0.25, 0.3) is 11.4 Å². The first-order valence-corrected chi connectivity index (χ1v) is 7.82. The third kappa shape index (κ3) is 3.67. The van der Waals surface area contributed by atoms with Crippen LogP contribution in [0.5, 0.6) is 0 Å². The van der Waals surface area contributed by atoms with E-state index in [1.54, 1.807) is 17.9 Å². The fourth-order valence-electron chi connectivity index (χ4n) is 1.82. The van der Waals surface area contributed by atoms with Gasteiger partial charge in [-0.25, -0.2) is 14.8 Å². The van der Waals surface area contributed by atoms with Crippen LogP contribution in [-0.2, 0) is 4.74 Å². The Bertz CT molecular complexity index is 687.